The summed E-state index contributed by atoms with van der Waals surface area (Å²) in [4.78, 5) is 0.541. The van der Waals surface area contributed by atoms with Crippen molar-refractivity contribution in [3.63, 3.8) is 0 Å². The first-order valence-electron chi connectivity index (χ1n) is 9.15. The van der Waals surface area contributed by atoms with Crippen molar-refractivity contribution in [3.05, 3.63) is 81.0 Å². The lowest BCUT2D eigenvalue weighted by atomic mass is 10.0. The second-order valence-corrected chi connectivity index (χ2v) is 8.67. The van der Waals surface area contributed by atoms with Gasteiger partial charge in [-0.3, -0.25) is 0 Å². The van der Waals surface area contributed by atoms with Gasteiger partial charge in [-0.25, -0.2) is 17.9 Å². The maximum absolute atomic E-state index is 13.6. The van der Waals surface area contributed by atoms with E-state index >= 15 is 0 Å². The Kier molecular flexibility index (Phi) is 6.78. The van der Waals surface area contributed by atoms with E-state index in [0.29, 0.717) is 9.92 Å². The summed E-state index contributed by atoms with van der Waals surface area (Å²) in [5.74, 6) is -4.93. The van der Waals surface area contributed by atoms with Gasteiger partial charge in [0.2, 0.25) is 0 Å². The van der Waals surface area contributed by atoms with E-state index in [0.717, 1.165) is 28.6 Å². The molecule has 0 saturated heterocycles. The van der Waals surface area contributed by atoms with E-state index in [-0.39, 0.29) is 21.4 Å². The normalized spacial score (nSPS) is 19.1. The highest BCUT2D eigenvalue weighted by atomic mass is 35.5. The highest BCUT2D eigenvalue weighted by Gasteiger charge is 2.42. The van der Waals surface area contributed by atoms with Gasteiger partial charge in [0.05, 0.1) is 22.8 Å². The molecule has 33 heavy (non-hydrogen) atoms. The highest BCUT2D eigenvalue weighted by Crippen LogP contribution is 2.43. The zero-order chi connectivity index (χ0) is 23.9. The summed E-state index contributed by atoms with van der Waals surface area (Å²) in [6, 6.07) is 4.83. The van der Waals surface area contributed by atoms with Gasteiger partial charge in [-0.1, -0.05) is 28.4 Å². The molecule has 0 saturated carbocycles. The molecule has 2 heterocycles. The minimum atomic E-state index is -1.63. The van der Waals surface area contributed by atoms with Crippen LogP contribution < -0.4 is 0 Å². The second kappa shape index (κ2) is 9.43. The summed E-state index contributed by atoms with van der Waals surface area (Å²) in [5, 5.41) is 39.1. The van der Waals surface area contributed by atoms with Gasteiger partial charge in [0.25, 0.3) is 0 Å². The van der Waals surface area contributed by atoms with E-state index in [1.54, 1.807) is 12.1 Å². The molecule has 173 valence electrons. The van der Waals surface area contributed by atoms with Gasteiger partial charge < -0.3 is 20.1 Å². The first-order chi connectivity index (χ1) is 15.7. The molecule has 3 aromatic rings. The van der Waals surface area contributed by atoms with Crippen LogP contribution in [0.15, 0.2) is 52.3 Å². The second-order valence-electron chi connectivity index (χ2n) is 6.80. The predicted molar refractivity (Wildman–Crippen MR) is 113 cm³/mol. The van der Waals surface area contributed by atoms with Crippen molar-refractivity contribution in [1.82, 2.24) is 15.0 Å². The lowest BCUT2D eigenvalue weighted by Crippen LogP contribution is -2.38. The zero-order valence-electron chi connectivity index (χ0n) is 16.2. The molecule has 0 aliphatic carbocycles. The van der Waals surface area contributed by atoms with Gasteiger partial charge in [-0.15, -0.1) is 5.10 Å². The Morgan fingerprint density at radius 3 is 2.39 bits per heavy atom. The molecular formula is C20H13Cl2F3N3O4S. The van der Waals surface area contributed by atoms with Crippen molar-refractivity contribution in [2.24, 2.45) is 0 Å². The molecule has 1 radical (unpaired) electrons. The average Bonchev–Trinajstić information content (AvgIpc) is 3.26. The highest BCUT2D eigenvalue weighted by molar-refractivity contribution is 8.03. The number of hydrogen-bond acceptors (Lipinski definition) is 7. The first-order valence-corrected chi connectivity index (χ1v) is 10.7. The predicted octanol–water partition coefficient (Wildman–Crippen LogP) is 5.03. The van der Waals surface area contributed by atoms with Gasteiger partial charge in [0.1, 0.15) is 5.69 Å². The fraction of sp³-hybridized carbons (Fsp3) is 0.150. The number of ether oxygens (including phenoxy) is 1. The Morgan fingerprint density at radius 2 is 1.76 bits per heavy atom. The van der Waals surface area contributed by atoms with Crippen LogP contribution in [0.1, 0.15) is 6.04 Å². The minimum absolute atomic E-state index is 0.0564. The zero-order valence-corrected chi connectivity index (χ0v) is 18.5. The summed E-state index contributed by atoms with van der Waals surface area (Å²) >= 11 is 12.9. The molecule has 13 heteroatoms. The quantitative estimate of drug-likeness (QED) is 0.407. The number of aliphatic hydroxyl groups is 3. The Bertz CT molecular complexity index is 1220. The summed E-state index contributed by atoms with van der Waals surface area (Å²) in [6.45, 7) is -0.628. The van der Waals surface area contributed by atoms with Crippen LogP contribution in [0.3, 0.4) is 0 Å². The summed E-state index contributed by atoms with van der Waals surface area (Å²) in [5.41, 5.74) is -0.170. The Balaban J connectivity index is 1.70. The fourth-order valence-electron chi connectivity index (χ4n) is 3.03. The van der Waals surface area contributed by atoms with Crippen molar-refractivity contribution < 1.29 is 33.2 Å². The molecular weight excluding hydrogens is 506 g/mol. The van der Waals surface area contributed by atoms with Gasteiger partial charge >= 0.3 is 0 Å². The van der Waals surface area contributed by atoms with Crippen molar-refractivity contribution in [3.8, 4) is 11.3 Å². The first kappa shape index (κ1) is 23.7. The largest absolute Gasteiger partial charge is 0.506 e. The van der Waals surface area contributed by atoms with Crippen molar-refractivity contribution >= 4 is 35.0 Å². The Morgan fingerprint density at radius 1 is 1.06 bits per heavy atom. The van der Waals surface area contributed by atoms with Gasteiger partial charge in [0.15, 0.2) is 46.6 Å². The summed E-state index contributed by atoms with van der Waals surface area (Å²) in [6.07, 6.45) is -0.518. The standard InChI is InChI=1S/C20H13Cl2F3N3O4S/c21-10-2-1-9(5-11(10)22)33-20-19(31)17(18(30)15(7-29)32-20)28-6-14(26-27-28)8-3-12(23)16(25)13(24)4-8/h1-6,15,17,29-31H,7H2/t15-,17+/m1/s1. The number of nitrogens with zero attached hydrogens (tertiary/aromatic N) is 3. The molecule has 3 N–H and O–H groups in total. The van der Waals surface area contributed by atoms with Crippen LogP contribution >= 0.6 is 35.0 Å². The molecule has 2 aromatic carbocycles. The maximum Gasteiger partial charge on any atom is 0.198 e. The monoisotopic (exact) mass is 518 g/mol. The van der Waals surface area contributed by atoms with E-state index in [2.05, 4.69) is 10.3 Å². The topological polar surface area (TPSA) is 101 Å². The van der Waals surface area contributed by atoms with Crippen LogP contribution in [-0.2, 0) is 4.74 Å². The van der Waals surface area contributed by atoms with E-state index < -0.39 is 48.1 Å². The molecule has 4 rings (SSSR count). The molecule has 0 bridgehead atoms. The SMILES string of the molecule is OC[C@H]1OC(Sc2ccc(Cl)c(Cl)c2)=C(O)[C@@H](n2cc(-c3cc(F)c(F)c(F)c3)nn2)[C]1O. The van der Waals surface area contributed by atoms with Gasteiger partial charge in [-0.05, 0) is 42.1 Å². The minimum Gasteiger partial charge on any atom is -0.506 e. The molecule has 1 aliphatic rings. The summed E-state index contributed by atoms with van der Waals surface area (Å²) < 4.78 is 47.0. The third-order valence-corrected chi connectivity index (χ3v) is 6.37. The van der Waals surface area contributed by atoms with Crippen LogP contribution in [0.4, 0.5) is 13.2 Å². The van der Waals surface area contributed by atoms with E-state index in [4.69, 9.17) is 27.9 Å². The molecule has 1 aromatic heterocycles. The summed E-state index contributed by atoms with van der Waals surface area (Å²) in [7, 11) is 0. The molecule has 0 spiro atoms. The number of halogens is 5. The fourth-order valence-corrected chi connectivity index (χ4v) is 4.30. The van der Waals surface area contributed by atoms with Crippen molar-refractivity contribution in [1.29, 1.82) is 0 Å². The van der Waals surface area contributed by atoms with E-state index in [1.165, 1.54) is 12.3 Å². The number of aliphatic hydroxyl groups excluding tert-OH is 3. The van der Waals surface area contributed by atoms with E-state index in [1.807, 2.05) is 0 Å². The maximum atomic E-state index is 13.6. The average molecular weight is 519 g/mol. The van der Waals surface area contributed by atoms with Gasteiger partial charge in [-0.2, -0.15) is 0 Å². The molecule has 1 aliphatic heterocycles. The molecule has 0 fully saturated rings. The molecule has 7 nitrogen and oxygen atoms in total. The third kappa shape index (κ3) is 4.64. The van der Waals surface area contributed by atoms with Crippen LogP contribution in [0.25, 0.3) is 11.3 Å². The smallest absolute Gasteiger partial charge is 0.198 e. The molecule has 2 atom stereocenters. The lowest BCUT2D eigenvalue weighted by Gasteiger charge is -2.33. The van der Waals surface area contributed by atoms with Gasteiger partial charge in [0, 0.05) is 10.5 Å². The van der Waals surface area contributed by atoms with Crippen LogP contribution in [0.2, 0.25) is 10.0 Å². The number of rotatable bonds is 5. The number of aromatic nitrogens is 3. The third-order valence-electron chi connectivity index (χ3n) is 4.65. The van der Waals surface area contributed by atoms with Crippen LogP contribution in [0.5, 0.6) is 0 Å². The van der Waals surface area contributed by atoms with Crippen molar-refractivity contribution in [2.45, 2.75) is 17.0 Å². The van der Waals surface area contributed by atoms with Crippen LogP contribution in [0, 0.1) is 23.6 Å². The Labute approximate surface area is 199 Å². The lowest BCUT2D eigenvalue weighted by molar-refractivity contribution is -0.0136. The van der Waals surface area contributed by atoms with Crippen molar-refractivity contribution in [2.75, 3.05) is 6.61 Å². The number of benzene rings is 2. The Hall–Kier alpha value is -2.44. The van der Waals surface area contributed by atoms with Crippen LogP contribution in [-0.4, -0.2) is 43.0 Å². The number of thioether (sulfide) groups is 1. The molecule has 0 unspecified atom stereocenters. The molecule has 0 amide bonds. The number of hydrogen-bond donors (Lipinski definition) is 3. The van der Waals surface area contributed by atoms with E-state index in [9.17, 15) is 28.5 Å².